The summed E-state index contributed by atoms with van der Waals surface area (Å²) in [6.45, 7) is 3.72. The Balaban J connectivity index is 1.33. The van der Waals surface area contributed by atoms with Crippen molar-refractivity contribution >= 4 is 11.6 Å². The van der Waals surface area contributed by atoms with Gasteiger partial charge >= 0.3 is 6.18 Å². The molecule has 3 atom stereocenters. The van der Waals surface area contributed by atoms with Gasteiger partial charge in [-0.1, -0.05) is 23.8 Å². The largest absolute Gasteiger partial charge is 0.436 e. The zero-order chi connectivity index (χ0) is 31.7. The van der Waals surface area contributed by atoms with Crippen LogP contribution in [0.2, 0.25) is 0 Å². The molecule has 1 aromatic carbocycles. The number of rotatable bonds is 3. The first-order valence-corrected chi connectivity index (χ1v) is 14.5. The molecule has 1 fully saturated rings. The number of carbonyl (C=O) groups excluding carboxylic acids is 1. The first kappa shape index (κ1) is 28.6. The van der Waals surface area contributed by atoms with E-state index < -0.39 is 17.4 Å². The predicted octanol–water partition coefficient (Wildman–Crippen LogP) is 4.75. The molecule has 2 aliphatic rings. The molecular weight excluding hydrogens is 587 g/mol. The maximum Gasteiger partial charge on any atom is 0.436 e. The molecule has 1 amide bonds. The number of carbonyl (C=O) groups is 1. The van der Waals surface area contributed by atoms with E-state index in [1.807, 2.05) is 26.0 Å². The van der Waals surface area contributed by atoms with E-state index >= 15 is 0 Å². The Hall–Kier alpha value is -5.14. The van der Waals surface area contributed by atoms with Crippen LogP contribution in [0.15, 0.2) is 66.1 Å². The molecule has 1 saturated carbocycles. The Kier molecular flexibility index (Phi) is 6.49. The summed E-state index contributed by atoms with van der Waals surface area (Å²) >= 11 is 0. The lowest BCUT2D eigenvalue weighted by molar-refractivity contribution is -0.141. The molecule has 45 heavy (non-hydrogen) atoms. The molecule has 1 aliphatic carbocycles. The molecular formula is C31H28F3N9O2. The van der Waals surface area contributed by atoms with Crippen LogP contribution in [-0.4, -0.2) is 45.2 Å². The van der Waals surface area contributed by atoms with E-state index in [-0.39, 0.29) is 29.0 Å². The lowest BCUT2D eigenvalue weighted by Gasteiger charge is -2.23. The number of nitrogens with zero attached hydrogens (tertiary/aromatic N) is 8. The van der Waals surface area contributed by atoms with Crippen LogP contribution in [0.1, 0.15) is 43.1 Å². The van der Waals surface area contributed by atoms with Crippen LogP contribution in [-0.2, 0) is 23.6 Å². The van der Waals surface area contributed by atoms with E-state index in [2.05, 4.69) is 25.7 Å². The van der Waals surface area contributed by atoms with Gasteiger partial charge in [0.25, 0.3) is 5.56 Å². The number of aryl methyl sites for hydroxylation is 2. The second kappa shape index (κ2) is 10.2. The molecule has 230 valence electrons. The molecule has 0 saturated heterocycles. The minimum absolute atomic E-state index is 0.0248. The fourth-order valence-electron chi connectivity index (χ4n) is 6.33. The van der Waals surface area contributed by atoms with Gasteiger partial charge in [0.2, 0.25) is 5.91 Å². The average Bonchev–Trinajstić information content (AvgIpc) is 3.29. The molecule has 4 aromatic heterocycles. The maximum atomic E-state index is 13.9. The van der Waals surface area contributed by atoms with Crippen LogP contribution in [0.4, 0.5) is 18.9 Å². The Morgan fingerprint density at radius 3 is 2.64 bits per heavy atom. The van der Waals surface area contributed by atoms with Gasteiger partial charge in [-0.25, -0.2) is 9.67 Å². The number of fused-ring (bicyclic) bond motifs is 6. The molecule has 2 bridgehead atoms. The summed E-state index contributed by atoms with van der Waals surface area (Å²) in [4.78, 5) is 36.4. The van der Waals surface area contributed by atoms with Gasteiger partial charge in [-0.15, -0.1) is 5.10 Å². The van der Waals surface area contributed by atoms with Crippen LogP contribution >= 0.6 is 0 Å². The predicted molar refractivity (Wildman–Crippen MR) is 157 cm³/mol. The van der Waals surface area contributed by atoms with Gasteiger partial charge in [0.1, 0.15) is 0 Å². The van der Waals surface area contributed by atoms with Gasteiger partial charge in [0, 0.05) is 36.4 Å². The minimum Gasteiger partial charge on any atom is -0.323 e. The molecule has 7 rings (SSSR count). The number of aromatic nitrogens is 8. The van der Waals surface area contributed by atoms with E-state index in [4.69, 9.17) is 4.98 Å². The first-order chi connectivity index (χ1) is 21.5. The van der Waals surface area contributed by atoms with Gasteiger partial charge in [-0.3, -0.25) is 23.8 Å². The smallest absolute Gasteiger partial charge is 0.323 e. The summed E-state index contributed by atoms with van der Waals surface area (Å²) in [5, 5.41) is 14.3. The number of nitrogens with one attached hydrogen (secondary N) is 1. The molecule has 0 spiro atoms. The van der Waals surface area contributed by atoms with Crippen molar-refractivity contribution in [2.75, 3.05) is 5.32 Å². The minimum atomic E-state index is -4.65. The molecule has 1 aliphatic heterocycles. The number of alkyl halides is 3. The summed E-state index contributed by atoms with van der Waals surface area (Å²) in [5.74, 6) is -0.345. The monoisotopic (exact) mass is 615 g/mol. The van der Waals surface area contributed by atoms with Gasteiger partial charge in [0.05, 0.1) is 52.7 Å². The molecule has 2 unspecified atom stereocenters. The van der Waals surface area contributed by atoms with Crippen molar-refractivity contribution in [3.63, 3.8) is 0 Å². The van der Waals surface area contributed by atoms with E-state index in [1.165, 1.54) is 12.4 Å². The summed E-state index contributed by atoms with van der Waals surface area (Å²) in [6.07, 6.45) is 2.88. The number of halogens is 3. The Labute approximate surface area is 254 Å². The highest BCUT2D eigenvalue weighted by Crippen LogP contribution is 2.57. The molecule has 1 N–H and O–H groups in total. The van der Waals surface area contributed by atoms with Gasteiger partial charge in [-0.2, -0.15) is 18.3 Å². The van der Waals surface area contributed by atoms with E-state index in [9.17, 15) is 22.8 Å². The standard InChI is InChI=1S/C31H28F3N9O2/c1-17-4-7-24(43-15-26(39-40-43)31(32,33)34)21(10-17)22-12-27(44)42(16-36-22)30-13-20(30)6-5-18(2)29(45)38-23-14-37-41(3)28(23)19-8-9-35-25(30)11-19/h4,7-12,14-16,18,20H,5-6,13H2,1-3H3,(H,38,45)/t18-,20?,30?/m1/s1. The highest BCUT2D eigenvalue weighted by molar-refractivity contribution is 5.95. The second-order valence-corrected chi connectivity index (χ2v) is 11.8. The zero-order valence-electron chi connectivity index (χ0n) is 24.6. The highest BCUT2D eigenvalue weighted by atomic mass is 19.4. The SMILES string of the molecule is Cc1ccc(-n2cc(C(F)(F)F)nn2)c(-c2cc(=O)n(C34CC3CC[C@@H](C)C(=O)Nc3cnn(C)c3-c3ccnc4c3)cn2)c1. The molecule has 0 radical (unpaired) electrons. The number of anilines is 1. The summed E-state index contributed by atoms with van der Waals surface area (Å²) in [6, 6.07) is 10.3. The number of hydrogen-bond acceptors (Lipinski definition) is 7. The Morgan fingerprint density at radius 1 is 1.07 bits per heavy atom. The van der Waals surface area contributed by atoms with Crippen molar-refractivity contribution < 1.29 is 18.0 Å². The third kappa shape index (κ3) is 4.80. The van der Waals surface area contributed by atoms with E-state index in [0.717, 1.165) is 27.7 Å². The van der Waals surface area contributed by atoms with Crippen LogP contribution in [0.25, 0.3) is 28.2 Å². The second-order valence-electron chi connectivity index (χ2n) is 11.8. The molecule has 5 heterocycles. The van der Waals surface area contributed by atoms with Crippen molar-refractivity contribution in [3.05, 3.63) is 88.6 Å². The van der Waals surface area contributed by atoms with E-state index in [0.29, 0.717) is 41.9 Å². The molecule has 14 heteroatoms. The van der Waals surface area contributed by atoms with Crippen LogP contribution in [0.3, 0.4) is 0 Å². The van der Waals surface area contributed by atoms with Crippen molar-refractivity contribution in [1.29, 1.82) is 0 Å². The van der Waals surface area contributed by atoms with Crippen LogP contribution in [0.5, 0.6) is 0 Å². The topological polar surface area (TPSA) is 125 Å². The summed E-state index contributed by atoms with van der Waals surface area (Å²) in [5.41, 5.74) is 2.41. The Bertz CT molecular complexity index is 2030. The highest BCUT2D eigenvalue weighted by Gasteiger charge is 2.58. The maximum absolute atomic E-state index is 13.9. The van der Waals surface area contributed by atoms with Gasteiger partial charge in [0.15, 0.2) is 5.69 Å². The summed E-state index contributed by atoms with van der Waals surface area (Å²) < 4.78 is 44.1. The third-order valence-corrected chi connectivity index (χ3v) is 8.84. The number of amides is 1. The number of benzene rings is 1. The van der Waals surface area contributed by atoms with Gasteiger partial charge < -0.3 is 5.32 Å². The summed E-state index contributed by atoms with van der Waals surface area (Å²) in [7, 11) is 1.80. The van der Waals surface area contributed by atoms with Crippen LogP contribution < -0.4 is 10.9 Å². The molecule has 11 nitrogen and oxygen atoms in total. The van der Waals surface area contributed by atoms with Crippen molar-refractivity contribution in [2.45, 2.75) is 44.8 Å². The van der Waals surface area contributed by atoms with Gasteiger partial charge in [-0.05, 0) is 56.4 Å². The lowest BCUT2D eigenvalue weighted by Crippen LogP contribution is -2.34. The van der Waals surface area contributed by atoms with Crippen molar-refractivity contribution in [2.24, 2.45) is 18.9 Å². The Morgan fingerprint density at radius 2 is 1.89 bits per heavy atom. The van der Waals surface area contributed by atoms with E-state index in [1.54, 1.807) is 46.9 Å². The van der Waals surface area contributed by atoms with Crippen molar-refractivity contribution in [3.8, 4) is 28.2 Å². The van der Waals surface area contributed by atoms with Crippen LogP contribution in [0, 0.1) is 18.8 Å². The number of pyridine rings is 1. The fraction of sp³-hybridized carbons (Fsp3) is 0.323. The van der Waals surface area contributed by atoms with Crippen molar-refractivity contribution in [1.82, 2.24) is 39.3 Å². The quantitative estimate of drug-likeness (QED) is 0.311. The molecule has 5 aromatic rings. The normalized spacial score (nSPS) is 21.2. The lowest BCUT2D eigenvalue weighted by atomic mass is 9.97. The average molecular weight is 616 g/mol. The first-order valence-electron chi connectivity index (χ1n) is 14.5. The third-order valence-electron chi connectivity index (χ3n) is 8.84. The zero-order valence-corrected chi connectivity index (χ0v) is 24.6. The fourth-order valence-corrected chi connectivity index (χ4v) is 6.33. The number of hydrogen-bond donors (Lipinski definition) is 1.